The smallest absolute Gasteiger partial charge is 0.311 e. The van der Waals surface area contributed by atoms with Crippen molar-refractivity contribution >= 4 is 5.97 Å². The van der Waals surface area contributed by atoms with Crippen molar-refractivity contribution in [3.05, 3.63) is 24.3 Å². The number of unbranched alkanes of at least 4 members (excludes halogenated alkanes) is 1. The van der Waals surface area contributed by atoms with Crippen molar-refractivity contribution in [1.29, 1.82) is 0 Å². The van der Waals surface area contributed by atoms with Crippen LogP contribution in [-0.2, 0) is 9.53 Å². The molecule has 0 rings (SSSR count). The van der Waals surface area contributed by atoms with E-state index in [1.165, 1.54) is 0 Å². The zero-order chi connectivity index (χ0) is 19.3. The van der Waals surface area contributed by atoms with Gasteiger partial charge in [-0.1, -0.05) is 24.3 Å². The Morgan fingerprint density at radius 3 is 2.20 bits per heavy atom. The molecule has 0 aromatic rings. The summed E-state index contributed by atoms with van der Waals surface area (Å²) in [6.45, 7) is 5.48. The average molecular weight is 358 g/mol. The fourth-order valence-electron chi connectivity index (χ4n) is 1.85. The van der Waals surface area contributed by atoms with Gasteiger partial charge in [-0.3, -0.25) is 4.79 Å². The van der Waals surface area contributed by atoms with Crippen LogP contribution in [0.3, 0.4) is 0 Å². The van der Waals surface area contributed by atoms with Crippen molar-refractivity contribution < 1.29 is 30.0 Å². The summed E-state index contributed by atoms with van der Waals surface area (Å²) < 4.78 is 5.15. The van der Waals surface area contributed by atoms with Crippen LogP contribution in [-0.4, -0.2) is 57.9 Å². The van der Waals surface area contributed by atoms with E-state index < -0.39 is 23.7 Å². The molecule has 0 saturated carbocycles. The predicted octanol–water partition coefficient (Wildman–Crippen LogP) is 1.71. The predicted molar refractivity (Wildman–Crippen MR) is 96.9 cm³/mol. The maximum absolute atomic E-state index is 11.6. The van der Waals surface area contributed by atoms with Gasteiger partial charge in [0.1, 0.15) is 0 Å². The van der Waals surface area contributed by atoms with E-state index in [0.29, 0.717) is 32.3 Å². The number of esters is 1. The van der Waals surface area contributed by atoms with Crippen molar-refractivity contribution in [3.63, 3.8) is 0 Å². The molecule has 6 heteroatoms. The maximum atomic E-state index is 11.6. The quantitative estimate of drug-likeness (QED) is 0.240. The van der Waals surface area contributed by atoms with Crippen LogP contribution in [0.5, 0.6) is 0 Å². The lowest BCUT2D eigenvalue weighted by atomic mass is 9.97. The summed E-state index contributed by atoms with van der Waals surface area (Å²) in [5, 5.41) is 37.3. The summed E-state index contributed by atoms with van der Waals surface area (Å²) >= 11 is 0. The molecular weight excluding hydrogens is 324 g/mol. The second-order valence-electron chi connectivity index (χ2n) is 7.18. The summed E-state index contributed by atoms with van der Waals surface area (Å²) in [5.74, 6) is -0.221. The number of carbonyl (C=O) groups is 1. The van der Waals surface area contributed by atoms with Gasteiger partial charge in [0.05, 0.1) is 36.9 Å². The van der Waals surface area contributed by atoms with Gasteiger partial charge in [-0.2, -0.15) is 0 Å². The van der Waals surface area contributed by atoms with Gasteiger partial charge in [0.2, 0.25) is 0 Å². The third kappa shape index (κ3) is 13.7. The fourth-order valence-corrected chi connectivity index (χ4v) is 1.85. The molecule has 4 N–H and O–H groups in total. The molecule has 0 bridgehead atoms. The normalized spacial score (nSPS) is 16.3. The number of carbonyl (C=O) groups excluding carboxylic acids is 1. The van der Waals surface area contributed by atoms with Gasteiger partial charge in [0.25, 0.3) is 0 Å². The Balaban J connectivity index is 3.79. The number of rotatable bonds is 12. The van der Waals surface area contributed by atoms with Crippen LogP contribution in [0.2, 0.25) is 0 Å². The van der Waals surface area contributed by atoms with Crippen molar-refractivity contribution in [2.75, 3.05) is 13.2 Å². The van der Waals surface area contributed by atoms with Gasteiger partial charge < -0.3 is 25.2 Å². The monoisotopic (exact) mass is 358 g/mol. The van der Waals surface area contributed by atoms with Crippen LogP contribution in [0.4, 0.5) is 0 Å². The van der Waals surface area contributed by atoms with Crippen LogP contribution in [0.15, 0.2) is 24.3 Å². The SMILES string of the molecule is CC(C)(C)C(=O)OCCCC[C@@H](O)/C=C/C[C@H](O)/C=C/C[C@H](O)CO. The Kier molecular flexibility index (Phi) is 12.4. The first-order valence-electron chi connectivity index (χ1n) is 8.82. The molecule has 0 saturated heterocycles. The molecule has 0 unspecified atom stereocenters. The molecule has 25 heavy (non-hydrogen) atoms. The van der Waals surface area contributed by atoms with E-state index in [4.69, 9.17) is 14.9 Å². The van der Waals surface area contributed by atoms with Crippen molar-refractivity contribution in [2.24, 2.45) is 5.41 Å². The highest BCUT2D eigenvalue weighted by atomic mass is 16.5. The zero-order valence-electron chi connectivity index (χ0n) is 15.6. The molecule has 0 aromatic carbocycles. The molecule has 0 aliphatic heterocycles. The standard InChI is InChI=1S/C19H34O6/c1-19(2,3)18(24)25-13-5-4-8-15(21)9-6-10-16(22)11-7-12-17(23)14-20/h6-7,9,11,15-17,20-23H,4-5,8,10,12-14H2,1-3H3/b9-6+,11-7+/t15-,16+,17+/m1/s1. The number of aliphatic hydroxyl groups excluding tert-OH is 4. The summed E-state index contributed by atoms with van der Waals surface area (Å²) in [5.41, 5.74) is -0.492. The number of aliphatic hydroxyl groups is 4. The van der Waals surface area contributed by atoms with Gasteiger partial charge in [-0.15, -0.1) is 0 Å². The van der Waals surface area contributed by atoms with E-state index in [1.807, 2.05) is 20.8 Å². The fraction of sp³-hybridized carbons (Fsp3) is 0.737. The molecule has 0 radical (unpaired) electrons. The number of hydrogen-bond acceptors (Lipinski definition) is 6. The summed E-state index contributed by atoms with van der Waals surface area (Å²) in [6, 6.07) is 0. The van der Waals surface area contributed by atoms with E-state index in [9.17, 15) is 15.0 Å². The van der Waals surface area contributed by atoms with E-state index in [2.05, 4.69) is 0 Å². The molecule has 0 aliphatic carbocycles. The van der Waals surface area contributed by atoms with Crippen LogP contribution >= 0.6 is 0 Å². The Morgan fingerprint density at radius 2 is 1.60 bits per heavy atom. The first kappa shape index (κ1) is 23.8. The average Bonchev–Trinajstić information content (AvgIpc) is 2.53. The molecule has 0 aliphatic rings. The van der Waals surface area contributed by atoms with Crippen molar-refractivity contribution in [1.82, 2.24) is 0 Å². The van der Waals surface area contributed by atoms with Crippen LogP contribution in [0.1, 0.15) is 52.9 Å². The Morgan fingerprint density at radius 1 is 1.00 bits per heavy atom. The molecular formula is C19H34O6. The van der Waals surface area contributed by atoms with Gasteiger partial charge in [0.15, 0.2) is 0 Å². The highest BCUT2D eigenvalue weighted by Gasteiger charge is 2.22. The summed E-state index contributed by atoms with van der Waals surface area (Å²) in [7, 11) is 0. The Bertz CT molecular complexity index is 411. The maximum Gasteiger partial charge on any atom is 0.311 e. The molecule has 3 atom stereocenters. The van der Waals surface area contributed by atoms with Crippen LogP contribution in [0.25, 0.3) is 0 Å². The molecule has 6 nitrogen and oxygen atoms in total. The van der Waals surface area contributed by atoms with E-state index in [0.717, 1.165) is 6.42 Å². The highest BCUT2D eigenvalue weighted by molar-refractivity contribution is 5.75. The minimum Gasteiger partial charge on any atom is -0.465 e. The minimum atomic E-state index is -0.802. The number of ether oxygens (including phenoxy) is 1. The molecule has 0 spiro atoms. The van der Waals surface area contributed by atoms with E-state index in [1.54, 1.807) is 24.3 Å². The topological polar surface area (TPSA) is 107 Å². The lowest BCUT2D eigenvalue weighted by Crippen LogP contribution is -2.23. The summed E-state index contributed by atoms with van der Waals surface area (Å²) in [4.78, 5) is 11.6. The second kappa shape index (κ2) is 13.1. The highest BCUT2D eigenvalue weighted by Crippen LogP contribution is 2.15. The van der Waals surface area contributed by atoms with Gasteiger partial charge in [-0.05, 0) is 52.9 Å². The zero-order valence-corrected chi connectivity index (χ0v) is 15.6. The third-order valence-electron chi connectivity index (χ3n) is 3.45. The van der Waals surface area contributed by atoms with Gasteiger partial charge >= 0.3 is 5.97 Å². The molecule has 0 amide bonds. The molecule has 0 aromatic heterocycles. The second-order valence-corrected chi connectivity index (χ2v) is 7.18. The number of hydrogen-bond donors (Lipinski definition) is 4. The molecule has 0 heterocycles. The minimum absolute atomic E-state index is 0.221. The summed E-state index contributed by atoms with van der Waals surface area (Å²) in [6.07, 6.45) is 7.11. The Labute approximate surface area is 150 Å². The third-order valence-corrected chi connectivity index (χ3v) is 3.45. The Hall–Kier alpha value is -1.21. The van der Waals surface area contributed by atoms with E-state index >= 15 is 0 Å². The van der Waals surface area contributed by atoms with Gasteiger partial charge in [-0.25, -0.2) is 0 Å². The first-order valence-corrected chi connectivity index (χ1v) is 8.82. The van der Waals surface area contributed by atoms with E-state index in [-0.39, 0.29) is 12.6 Å². The van der Waals surface area contributed by atoms with Crippen LogP contribution in [0, 0.1) is 5.41 Å². The molecule has 0 fully saturated rings. The van der Waals surface area contributed by atoms with Crippen LogP contribution < -0.4 is 0 Å². The first-order chi connectivity index (χ1) is 11.7. The van der Waals surface area contributed by atoms with Crippen molar-refractivity contribution in [3.8, 4) is 0 Å². The van der Waals surface area contributed by atoms with Gasteiger partial charge in [0, 0.05) is 0 Å². The lowest BCUT2D eigenvalue weighted by molar-refractivity contribution is -0.153. The van der Waals surface area contributed by atoms with Crippen molar-refractivity contribution in [2.45, 2.75) is 71.2 Å². The largest absolute Gasteiger partial charge is 0.465 e. The lowest BCUT2D eigenvalue weighted by Gasteiger charge is -2.16. The molecule has 146 valence electrons.